The predicted molar refractivity (Wildman–Crippen MR) is 129 cm³/mol. The molecule has 0 aromatic rings. The van der Waals surface area contributed by atoms with Crippen LogP contribution in [0, 0.1) is 0 Å². The van der Waals surface area contributed by atoms with Gasteiger partial charge in [-0.25, -0.2) is 0 Å². The van der Waals surface area contributed by atoms with Gasteiger partial charge in [-0.15, -0.1) is 0 Å². The third kappa shape index (κ3) is 9.34. The molecule has 0 radical (unpaired) electrons. The lowest BCUT2D eigenvalue weighted by molar-refractivity contribution is 0.299. The van der Waals surface area contributed by atoms with Crippen molar-refractivity contribution in [2.24, 2.45) is 0 Å². The van der Waals surface area contributed by atoms with E-state index >= 15 is 0 Å². The summed E-state index contributed by atoms with van der Waals surface area (Å²) < 4.78 is 0. The molecule has 0 heterocycles. The molecule has 1 unspecified atom stereocenters. The Morgan fingerprint density at radius 2 is 0.962 bits per heavy atom. The molecule has 0 fully saturated rings. The molecule has 158 valence electrons. The van der Waals surface area contributed by atoms with E-state index in [1.54, 1.807) is 0 Å². The van der Waals surface area contributed by atoms with Gasteiger partial charge < -0.3 is 4.90 Å². The summed E-state index contributed by atoms with van der Waals surface area (Å²) in [5, 5.41) is 1.74. The zero-order chi connectivity index (χ0) is 21.1. The summed E-state index contributed by atoms with van der Waals surface area (Å²) >= 11 is 0. The van der Waals surface area contributed by atoms with Crippen molar-refractivity contribution < 1.29 is 0 Å². The minimum atomic E-state index is -0.0280. The lowest BCUT2D eigenvalue weighted by Gasteiger charge is -2.45. The van der Waals surface area contributed by atoms with Gasteiger partial charge in [-0.3, -0.25) is 0 Å². The van der Waals surface area contributed by atoms with Crippen LogP contribution in [0.4, 0.5) is 0 Å². The van der Waals surface area contributed by atoms with Gasteiger partial charge in [-0.2, -0.15) is 0 Å². The molecule has 26 heavy (non-hydrogen) atoms. The average molecular weight is 404 g/mol. The van der Waals surface area contributed by atoms with E-state index in [1.807, 2.05) is 0 Å². The maximum absolute atomic E-state index is 2.50. The van der Waals surface area contributed by atoms with Crippen LogP contribution in [0.1, 0.15) is 95.9 Å². The van der Waals surface area contributed by atoms with Crippen LogP contribution in [0.15, 0.2) is 0 Å². The molecular weight excluding hydrogens is 352 g/mol. The highest BCUT2D eigenvalue weighted by molar-refractivity contribution is 7.61. The first-order valence-electron chi connectivity index (χ1n) is 10.5. The second-order valence-corrected chi connectivity index (χ2v) is 20.1. The molecule has 3 heteroatoms. The highest BCUT2D eigenvalue weighted by Crippen LogP contribution is 2.61. The van der Waals surface area contributed by atoms with Crippen LogP contribution in [0.5, 0.6) is 0 Å². The Kier molecular flexibility index (Phi) is 9.85. The lowest BCUT2D eigenvalue weighted by atomic mass is 10.2. The normalized spacial score (nSPS) is 16.0. The molecule has 1 nitrogen and oxygen atoms in total. The first-order chi connectivity index (χ1) is 11.3. The van der Waals surface area contributed by atoms with Crippen molar-refractivity contribution in [2.45, 2.75) is 123 Å². The van der Waals surface area contributed by atoms with E-state index in [0.29, 0.717) is 20.6 Å². The topological polar surface area (TPSA) is 3.24 Å². The third-order valence-electron chi connectivity index (χ3n) is 5.28. The summed E-state index contributed by atoms with van der Waals surface area (Å²) in [5.41, 5.74) is 0. The van der Waals surface area contributed by atoms with E-state index in [1.165, 1.54) is 25.2 Å². The first kappa shape index (κ1) is 26.8. The van der Waals surface area contributed by atoms with E-state index in [4.69, 9.17) is 0 Å². The van der Waals surface area contributed by atoms with Gasteiger partial charge in [-0.1, -0.05) is 98.9 Å². The molecular formula is C23H51NP2. The minimum absolute atomic E-state index is 0.0280. The van der Waals surface area contributed by atoms with E-state index in [0.717, 1.165) is 6.04 Å². The Labute approximate surface area is 170 Å². The molecule has 0 rings (SSSR count). The molecule has 0 aliphatic heterocycles. The highest BCUT2D eigenvalue weighted by Gasteiger charge is 2.37. The fraction of sp³-hybridized carbons (Fsp3) is 1.00. The summed E-state index contributed by atoms with van der Waals surface area (Å²) in [7, 11) is 4.58. The van der Waals surface area contributed by atoms with Gasteiger partial charge >= 0.3 is 0 Å². The second kappa shape index (κ2) is 9.55. The summed E-state index contributed by atoms with van der Waals surface area (Å²) in [4.78, 5) is 2.50. The second-order valence-electron chi connectivity index (χ2n) is 12.2. The van der Waals surface area contributed by atoms with Crippen LogP contribution in [0.2, 0.25) is 0 Å². The number of hydrogen-bond acceptors (Lipinski definition) is 1. The lowest BCUT2D eigenvalue weighted by Crippen LogP contribution is -2.37. The molecule has 0 aliphatic rings. The van der Waals surface area contributed by atoms with Crippen molar-refractivity contribution in [1.29, 1.82) is 0 Å². The standard InChI is InChI=1S/C23H51NP2/c1-20(2,3)25(21(4,5)6)17-15-16-19(24(13)14)18-26(22(7,8)9)23(10,11)12/h19H,15-18H2,1-14H3. The number of nitrogens with zero attached hydrogens (tertiary/aromatic N) is 1. The molecule has 0 amide bonds. The van der Waals surface area contributed by atoms with Crippen LogP contribution in [0.3, 0.4) is 0 Å². The van der Waals surface area contributed by atoms with E-state index in [9.17, 15) is 0 Å². The van der Waals surface area contributed by atoms with Gasteiger partial charge in [0.05, 0.1) is 0 Å². The van der Waals surface area contributed by atoms with Gasteiger partial charge in [0.2, 0.25) is 0 Å². The smallest absolute Gasteiger partial charge is 0.0129 e. The minimum Gasteiger partial charge on any atom is -0.306 e. The fourth-order valence-corrected chi connectivity index (χ4v) is 12.3. The van der Waals surface area contributed by atoms with Crippen LogP contribution in [-0.4, -0.2) is 58.0 Å². The third-order valence-corrected chi connectivity index (χ3v) is 13.3. The van der Waals surface area contributed by atoms with E-state index in [-0.39, 0.29) is 15.8 Å². The molecule has 0 saturated heterocycles. The van der Waals surface area contributed by atoms with Crippen LogP contribution < -0.4 is 0 Å². The summed E-state index contributed by atoms with van der Waals surface area (Å²) in [6.45, 7) is 29.4. The first-order valence-corrected chi connectivity index (χ1v) is 13.5. The van der Waals surface area contributed by atoms with Gasteiger partial charge in [0.25, 0.3) is 0 Å². The van der Waals surface area contributed by atoms with Crippen molar-refractivity contribution in [1.82, 2.24) is 4.90 Å². The fourth-order valence-electron chi connectivity index (χ4n) is 4.44. The van der Waals surface area contributed by atoms with Crippen LogP contribution in [-0.2, 0) is 0 Å². The molecule has 0 N–H and O–H groups in total. The summed E-state index contributed by atoms with van der Waals surface area (Å²) in [6.07, 6.45) is 5.51. The largest absolute Gasteiger partial charge is 0.306 e. The van der Waals surface area contributed by atoms with Gasteiger partial charge in [0.1, 0.15) is 0 Å². The molecule has 0 aromatic carbocycles. The Hall–Kier alpha value is 0.820. The molecule has 0 spiro atoms. The van der Waals surface area contributed by atoms with Gasteiger partial charge in [0, 0.05) is 6.04 Å². The number of hydrogen-bond donors (Lipinski definition) is 0. The van der Waals surface area contributed by atoms with Crippen LogP contribution >= 0.6 is 15.8 Å². The summed E-state index contributed by atoms with van der Waals surface area (Å²) in [6, 6.07) is 0.719. The SMILES string of the molecule is CN(C)C(CCCP(C(C)(C)C)C(C)(C)C)CP(C(C)(C)C)C(C)(C)C. The Morgan fingerprint density at radius 1 is 0.615 bits per heavy atom. The zero-order valence-corrected chi connectivity index (χ0v) is 22.5. The summed E-state index contributed by atoms with van der Waals surface area (Å²) in [5.74, 6) is 0. The Morgan fingerprint density at radius 3 is 1.23 bits per heavy atom. The Balaban J connectivity index is 5.10. The molecule has 0 saturated carbocycles. The molecule has 1 atom stereocenters. The maximum atomic E-state index is 2.50. The van der Waals surface area contributed by atoms with Gasteiger partial charge in [0.15, 0.2) is 0 Å². The highest BCUT2D eigenvalue weighted by atomic mass is 31.1. The van der Waals surface area contributed by atoms with Crippen molar-refractivity contribution >= 4 is 15.8 Å². The van der Waals surface area contributed by atoms with Crippen molar-refractivity contribution in [3.63, 3.8) is 0 Å². The number of rotatable bonds is 7. The van der Waals surface area contributed by atoms with E-state index < -0.39 is 0 Å². The molecule has 0 aliphatic carbocycles. The predicted octanol–water partition coefficient (Wildman–Crippen LogP) is 7.85. The van der Waals surface area contributed by atoms with Crippen molar-refractivity contribution in [3.8, 4) is 0 Å². The van der Waals surface area contributed by atoms with Crippen molar-refractivity contribution in [3.05, 3.63) is 0 Å². The van der Waals surface area contributed by atoms with Crippen molar-refractivity contribution in [2.75, 3.05) is 26.4 Å². The Bertz CT molecular complexity index is 374. The average Bonchev–Trinajstić information content (AvgIpc) is 2.30. The monoisotopic (exact) mass is 403 g/mol. The molecule has 0 aromatic heterocycles. The van der Waals surface area contributed by atoms with Gasteiger partial charge in [-0.05, 0) is 59.9 Å². The maximum Gasteiger partial charge on any atom is 0.0129 e. The van der Waals surface area contributed by atoms with Crippen LogP contribution in [0.25, 0.3) is 0 Å². The quantitative estimate of drug-likeness (QED) is 0.391. The zero-order valence-electron chi connectivity index (χ0n) is 20.7. The molecule has 0 bridgehead atoms. The van der Waals surface area contributed by atoms with E-state index in [2.05, 4.69) is 102 Å².